The van der Waals surface area contributed by atoms with Gasteiger partial charge in [0.15, 0.2) is 0 Å². The van der Waals surface area contributed by atoms with Crippen LogP contribution < -0.4 is 10.6 Å². The normalized spacial score (nSPS) is 16.9. The fourth-order valence-corrected chi connectivity index (χ4v) is 3.19. The molecule has 3 N–H and O–H groups in total. The van der Waals surface area contributed by atoms with E-state index in [1.54, 1.807) is 0 Å². The van der Waals surface area contributed by atoms with Crippen molar-refractivity contribution in [3.8, 4) is 0 Å². The SMILES string of the molecule is O=C(O)CNC(=C1C(=O)Nc2ccccc21)c1ccc2c(c1)COC2. The van der Waals surface area contributed by atoms with Crippen molar-refractivity contribution < 1.29 is 19.4 Å². The topological polar surface area (TPSA) is 87.7 Å². The molecule has 0 bridgehead atoms. The summed E-state index contributed by atoms with van der Waals surface area (Å²) in [5.74, 6) is -1.24. The minimum absolute atomic E-state index is 0.245. The first kappa shape index (κ1) is 15.4. The Bertz CT molecular complexity index is 917. The van der Waals surface area contributed by atoms with Gasteiger partial charge in [0.25, 0.3) is 5.91 Å². The Morgan fingerprint density at radius 1 is 1.16 bits per heavy atom. The first-order chi connectivity index (χ1) is 12.1. The maximum absolute atomic E-state index is 12.5. The largest absolute Gasteiger partial charge is 0.480 e. The van der Waals surface area contributed by atoms with E-state index >= 15 is 0 Å². The van der Waals surface area contributed by atoms with E-state index in [-0.39, 0.29) is 12.5 Å². The number of fused-ring (bicyclic) bond motifs is 2. The van der Waals surface area contributed by atoms with Gasteiger partial charge in [0.05, 0.1) is 24.5 Å². The zero-order chi connectivity index (χ0) is 17.4. The number of anilines is 1. The van der Waals surface area contributed by atoms with Gasteiger partial charge in [-0.05, 0) is 28.8 Å². The Labute approximate surface area is 144 Å². The van der Waals surface area contributed by atoms with Crippen molar-refractivity contribution in [2.75, 3.05) is 11.9 Å². The highest BCUT2D eigenvalue weighted by Crippen LogP contribution is 2.36. The minimum Gasteiger partial charge on any atom is -0.480 e. The van der Waals surface area contributed by atoms with E-state index in [4.69, 9.17) is 9.84 Å². The average Bonchev–Trinajstić information content (AvgIpc) is 3.18. The van der Waals surface area contributed by atoms with E-state index in [1.165, 1.54) is 0 Å². The highest BCUT2D eigenvalue weighted by Gasteiger charge is 2.28. The molecule has 2 aliphatic rings. The number of carboxylic acids is 1. The third-order valence-corrected chi connectivity index (χ3v) is 4.35. The van der Waals surface area contributed by atoms with Crippen LogP contribution in [-0.4, -0.2) is 23.5 Å². The lowest BCUT2D eigenvalue weighted by Crippen LogP contribution is -2.23. The summed E-state index contributed by atoms with van der Waals surface area (Å²) < 4.78 is 5.44. The van der Waals surface area contributed by atoms with Crippen LogP contribution >= 0.6 is 0 Å². The minimum atomic E-state index is -0.991. The summed E-state index contributed by atoms with van der Waals surface area (Å²) in [6.45, 7) is 0.822. The summed E-state index contributed by atoms with van der Waals surface area (Å²) in [6, 6.07) is 13.2. The molecule has 4 rings (SSSR count). The Hall–Kier alpha value is -3.12. The number of nitrogens with one attached hydrogen (secondary N) is 2. The number of amides is 1. The van der Waals surface area contributed by atoms with Gasteiger partial charge in [0.1, 0.15) is 6.54 Å². The number of para-hydroxylation sites is 1. The lowest BCUT2D eigenvalue weighted by molar-refractivity contribution is -0.135. The molecule has 0 spiro atoms. The molecular weight excluding hydrogens is 320 g/mol. The zero-order valence-electron chi connectivity index (χ0n) is 13.3. The maximum Gasteiger partial charge on any atom is 0.322 e. The monoisotopic (exact) mass is 336 g/mol. The van der Waals surface area contributed by atoms with Gasteiger partial charge >= 0.3 is 5.97 Å². The number of ether oxygens (including phenoxy) is 1. The van der Waals surface area contributed by atoms with Crippen molar-refractivity contribution in [1.29, 1.82) is 0 Å². The van der Waals surface area contributed by atoms with E-state index < -0.39 is 5.97 Å². The molecule has 6 nitrogen and oxygen atoms in total. The Morgan fingerprint density at radius 2 is 1.96 bits per heavy atom. The van der Waals surface area contributed by atoms with Crippen molar-refractivity contribution in [1.82, 2.24) is 5.32 Å². The van der Waals surface area contributed by atoms with Crippen LogP contribution in [0.25, 0.3) is 11.3 Å². The summed E-state index contributed by atoms with van der Waals surface area (Å²) in [5, 5.41) is 14.8. The van der Waals surface area contributed by atoms with Crippen molar-refractivity contribution in [2.24, 2.45) is 0 Å². The summed E-state index contributed by atoms with van der Waals surface area (Å²) in [5.41, 5.74) is 5.39. The van der Waals surface area contributed by atoms with Gasteiger partial charge in [-0.1, -0.05) is 30.3 Å². The molecule has 0 radical (unpaired) electrons. The van der Waals surface area contributed by atoms with E-state index in [0.29, 0.717) is 24.5 Å². The number of hydrogen-bond donors (Lipinski definition) is 3. The van der Waals surface area contributed by atoms with Gasteiger partial charge in [-0.3, -0.25) is 9.59 Å². The smallest absolute Gasteiger partial charge is 0.322 e. The molecule has 2 heterocycles. The van der Waals surface area contributed by atoms with Crippen molar-refractivity contribution in [3.05, 3.63) is 64.7 Å². The van der Waals surface area contributed by atoms with Crippen molar-refractivity contribution in [2.45, 2.75) is 13.2 Å². The number of carbonyl (C=O) groups is 2. The molecular formula is C19H16N2O4. The molecule has 2 aromatic carbocycles. The van der Waals surface area contributed by atoms with Crippen LogP contribution in [0.2, 0.25) is 0 Å². The molecule has 2 aliphatic heterocycles. The highest BCUT2D eigenvalue weighted by atomic mass is 16.5. The number of carboxylic acid groups (broad SMARTS) is 1. The number of rotatable bonds is 4. The number of hydrogen-bond acceptors (Lipinski definition) is 4. The summed E-state index contributed by atoms with van der Waals surface area (Å²) >= 11 is 0. The first-order valence-electron chi connectivity index (χ1n) is 7.94. The molecule has 0 aromatic heterocycles. The molecule has 25 heavy (non-hydrogen) atoms. The van der Waals surface area contributed by atoms with Gasteiger partial charge in [-0.15, -0.1) is 0 Å². The van der Waals surface area contributed by atoms with E-state index in [9.17, 15) is 9.59 Å². The quantitative estimate of drug-likeness (QED) is 0.745. The van der Waals surface area contributed by atoms with E-state index in [0.717, 1.165) is 27.9 Å². The Balaban J connectivity index is 1.87. The second-order valence-corrected chi connectivity index (χ2v) is 5.97. The summed E-state index contributed by atoms with van der Waals surface area (Å²) in [7, 11) is 0. The van der Waals surface area contributed by atoms with Crippen molar-refractivity contribution in [3.63, 3.8) is 0 Å². The molecule has 0 fully saturated rings. The predicted molar refractivity (Wildman–Crippen MR) is 92.5 cm³/mol. The standard InChI is InChI=1S/C19H16N2O4/c22-16(23)8-20-18(11-5-6-12-9-25-10-13(12)7-11)17-14-3-1-2-4-15(14)21-19(17)24/h1-7,20H,8-10H2,(H,21,24)(H,22,23). The summed E-state index contributed by atoms with van der Waals surface area (Å²) in [4.78, 5) is 23.6. The lowest BCUT2D eigenvalue weighted by atomic mass is 9.98. The highest BCUT2D eigenvalue weighted by molar-refractivity contribution is 6.36. The fourth-order valence-electron chi connectivity index (χ4n) is 3.19. The summed E-state index contributed by atoms with van der Waals surface area (Å²) in [6.07, 6.45) is 0. The Morgan fingerprint density at radius 3 is 2.80 bits per heavy atom. The third kappa shape index (κ3) is 2.77. The zero-order valence-corrected chi connectivity index (χ0v) is 13.3. The van der Waals surface area contributed by atoms with Crippen molar-refractivity contribution >= 4 is 28.8 Å². The van der Waals surface area contributed by atoms with Gasteiger partial charge in [0, 0.05) is 11.3 Å². The molecule has 6 heteroatoms. The number of benzene rings is 2. The van der Waals surface area contributed by atoms with E-state index in [2.05, 4.69) is 10.6 Å². The van der Waals surface area contributed by atoms with Crippen LogP contribution in [-0.2, 0) is 27.5 Å². The second kappa shape index (κ2) is 6.07. The van der Waals surface area contributed by atoms with E-state index in [1.807, 2.05) is 42.5 Å². The second-order valence-electron chi connectivity index (χ2n) is 5.97. The third-order valence-electron chi connectivity index (χ3n) is 4.35. The van der Waals surface area contributed by atoms with Crippen LogP contribution in [0, 0.1) is 0 Å². The fraction of sp³-hybridized carbons (Fsp3) is 0.158. The Kier molecular flexibility index (Phi) is 3.74. The van der Waals surface area contributed by atoms with Gasteiger partial charge in [-0.25, -0.2) is 0 Å². The van der Waals surface area contributed by atoms with Crippen LogP contribution in [0.4, 0.5) is 5.69 Å². The van der Waals surface area contributed by atoms with Gasteiger partial charge in [0.2, 0.25) is 0 Å². The van der Waals surface area contributed by atoms with Crippen LogP contribution in [0.5, 0.6) is 0 Å². The van der Waals surface area contributed by atoms with Crippen LogP contribution in [0.15, 0.2) is 42.5 Å². The average molecular weight is 336 g/mol. The lowest BCUT2D eigenvalue weighted by Gasteiger charge is -2.14. The van der Waals surface area contributed by atoms with Crippen LogP contribution in [0.1, 0.15) is 22.3 Å². The number of carbonyl (C=O) groups excluding carboxylic acids is 1. The van der Waals surface area contributed by atoms with Crippen LogP contribution in [0.3, 0.4) is 0 Å². The molecule has 0 unspecified atom stereocenters. The molecule has 1 amide bonds. The first-order valence-corrected chi connectivity index (χ1v) is 7.94. The number of aliphatic carboxylic acids is 1. The molecule has 0 aliphatic carbocycles. The van der Waals surface area contributed by atoms with Gasteiger partial charge in [-0.2, -0.15) is 0 Å². The molecule has 0 saturated carbocycles. The molecule has 0 saturated heterocycles. The maximum atomic E-state index is 12.5. The predicted octanol–water partition coefficient (Wildman–Crippen LogP) is 2.21. The molecule has 126 valence electrons. The van der Waals surface area contributed by atoms with Gasteiger partial charge < -0.3 is 20.5 Å². The molecule has 0 atom stereocenters. The molecule has 2 aromatic rings.